The van der Waals surface area contributed by atoms with Crippen LogP contribution in [0, 0.1) is 11.6 Å². The van der Waals surface area contributed by atoms with Gasteiger partial charge in [0.15, 0.2) is 11.6 Å². The lowest BCUT2D eigenvalue weighted by molar-refractivity contribution is -0.274. The summed E-state index contributed by atoms with van der Waals surface area (Å²) in [5.41, 5.74) is 1.97. The van der Waals surface area contributed by atoms with Gasteiger partial charge in [-0.25, -0.2) is 14.3 Å². The summed E-state index contributed by atoms with van der Waals surface area (Å²) in [7, 11) is 1.16. The minimum Gasteiger partial charge on any atom is -0.487 e. The molecule has 0 atom stereocenters. The molecule has 2 aromatic carbocycles. The number of carbonyl (C=O) groups excluding carboxylic acids is 1. The first-order valence-electron chi connectivity index (χ1n) is 9.36. The van der Waals surface area contributed by atoms with E-state index in [4.69, 9.17) is 16.3 Å². The minimum atomic E-state index is -4.85. The Labute approximate surface area is 184 Å². The Morgan fingerprint density at radius 2 is 1.78 bits per heavy atom. The summed E-state index contributed by atoms with van der Waals surface area (Å²) in [6.07, 6.45) is -4.40. The van der Waals surface area contributed by atoms with Crippen molar-refractivity contribution in [2.24, 2.45) is 0 Å². The first kappa shape index (κ1) is 23.9. The highest BCUT2D eigenvalue weighted by Crippen LogP contribution is 2.34. The molecule has 0 radical (unpaired) electrons. The number of benzene rings is 2. The molecule has 0 spiro atoms. The van der Waals surface area contributed by atoms with E-state index in [-0.39, 0.29) is 10.8 Å². The third-order valence-electron chi connectivity index (χ3n) is 4.70. The molecule has 12 heteroatoms. The lowest BCUT2D eigenvalue weighted by Gasteiger charge is -2.34. The number of hydrogen-bond donors (Lipinski definition) is 1. The van der Waals surface area contributed by atoms with E-state index < -0.39 is 41.3 Å². The molecule has 1 fully saturated rings. The molecule has 32 heavy (non-hydrogen) atoms. The summed E-state index contributed by atoms with van der Waals surface area (Å²) in [5.74, 6) is -3.63. The van der Waals surface area contributed by atoms with Gasteiger partial charge in [-0.3, -0.25) is 9.63 Å². The van der Waals surface area contributed by atoms with Crippen molar-refractivity contribution in [1.82, 2.24) is 5.48 Å². The van der Waals surface area contributed by atoms with Crippen LogP contribution >= 0.6 is 11.6 Å². The van der Waals surface area contributed by atoms with Crippen LogP contribution in [0.1, 0.15) is 23.2 Å². The topological polar surface area (TPSA) is 60.0 Å². The van der Waals surface area contributed by atoms with Crippen molar-refractivity contribution in [3.63, 3.8) is 0 Å². The van der Waals surface area contributed by atoms with Gasteiger partial charge in [0.05, 0.1) is 17.7 Å². The van der Waals surface area contributed by atoms with Crippen molar-refractivity contribution >= 4 is 23.2 Å². The summed E-state index contributed by atoms with van der Waals surface area (Å²) in [4.78, 5) is 17.9. The maximum Gasteiger partial charge on any atom is 0.573 e. The standard InChI is InChI=1S/C20H18ClF5N2O4/c1-30-27-19(29)13-9-16(23)18(10-15(13)22)31-12-4-6-28(7-5-12)11-2-3-17(14(21)8-11)32-20(24,25)26/h2-3,8-10,12H,4-7H2,1H3,(H,27,29). The van der Waals surface area contributed by atoms with E-state index in [0.29, 0.717) is 31.6 Å². The molecule has 1 aliphatic heterocycles. The predicted octanol–water partition coefficient (Wildman–Crippen LogP) is 4.86. The molecular weight excluding hydrogens is 463 g/mol. The Morgan fingerprint density at radius 3 is 2.38 bits per heavy atom. The van der Waals surface area contributed by atoms with Gasteiger partial charge in [0, 0.05) is 37.7 Å². The first-order chi connectivity index (χ1) is 15.1. The lowest BCUT2D eigenvalue weighted by Crippen LogP contribution is -2.38. The third kappa shape index (κ3) is 5.92. The Kier molecular flexibility index (Phi) is 7.29. The molecule has 0 aromatic heterocycles. The van der Waals surface area contributed by atoms with Gasteiger partial charge < -0.3 is 14.4 Å². The van der Waals surface area contributed by atoms with Gasteiger partial charge in [0.25, 0.3) is 5.91 Å². The number of anilines is 1. The number of hydroxylamine groups is 1. The molecule has 0 unspecified atom stereocenters. The fraction of sp³-hybridized carbons (Fsp3) is 0.350. The maximum absolute atomic E-state index is 14.3. The van der Waals surface area contributed by atoms with E-state index in [9.17, 15) is 26.7 Å². The lowest BCUT2D eigenvalue weighted by atomic mass is 10.1. The van der Waals surface area contributed by atoms with Gasteiger partial charge in [-0.1, -0.05) is 11.6 Å². The molecule has 0 bridgehead atoms. The molecule has 3 rings (SSSR count). The Bertz CT molecular complexity index is 981. The second-order valence-corrected chi connectivity index (χ2v) is 7.27. The number of hydrogen-bond acceptors (Lipinski definition) is 5. The van der Waals surface area contributed by atoms with Crippen LogP contribution in [0.3, 0.4) is 0 Å². The molecule has 6 nitrogen and oxygen atoms in total. The van der Waals surface area contributed by atoms with Crippen LogP contribution in [0.15, 0.2) is 30.3 Å². The number of nitrogens with zero attached hydrogens (tertiary/aromatic N) is 1. The van der Waals surface area contributed by atoms with Gasteiger partial charge in [-0.2, -0.15) is 0 Å². The Balaban J connectivity index is 1.61. The summed E-state index contributed by atoms with van der Waals surface area (Å²) in [6, 6.07) is 5.47. The monoisotopic (exact) mass is 480 g/mol. The van der Waals surface area contributed by atoms with Crippen molar-refractivity contribution in [3.05, 3.63) is 52.6 Å². The van der Waals surface area contributed by atoms with E-state index >= 15 is 0 Å². The average Bonchev–Trinajstić information content (AvgIpc) is 2.72. The van der Waals surface area contributed by atoms with Gasteiger partial charge in [-0.05, 0) is 24.3 Å². The Hall–Kier alpha value is -2.79. The van der Waals surface area contributed by atoms with Crippen molar-refractivity contribution in [1.29, 1.82) is 0 Å². The smallest absolute Gasteiger partial charge is 0.487 e. The number of ether oxygens (including phenoxy) is 2. The quantitative estimate of drug-likeness (QED) is 0.473. The molecule has 1 aliphatic rings. The van der Waals surface area contributed by atoms with Crippen LogP contribution in [0.2, 0.25) is 5.02 Å². The van der Waals surface area contributed by atoms with E-state index in [1.807, 2.05) is 10.4 Å². The number of rotatable bonds is 6. The highest BCUT2D eigenvalue weighted by atomic mass is 35.5. The number of nitrogens with one attached hydrogen (secondary N) is 1. The summed E-state index contributed by atoms with van der Waals surface area (Å²) >= 11 is 5.89. The number of carbonyl (C=O) groups is 1. The molecule has 0 saturated carbocycles. The van der Waals surface area contributed by atoms with Crippen molar-refractivity contribution in [3.8, 4) is 11.5 Å². The van der Waals surface area contributed by atoms with Crippen molar-refractivity contribution < 1.29 is 41.1 Å². The molecular formula is C20H18ClF5N2O4. The second kappa shape index (κ2) is 9.78. The van der Waals surface area contributed by atoms with Gasteiger partial charge in [0.2, 0.25) is 0 Å². The summed E-state index contributed by atoms with van der Waals surface area (Å²) < 4.78 is 75.0. The molecule has 1 saturated heterocycles. The van der Waals surface area contributed by atoms with Gasteiger partial charge >= 0.3 is 6.36 Å². The predicted molar refractivity (Wildman–Crippen MR) is 105 cm³/mol. The number of amides is 1. The molecule has 1 N–H and O–H groups in total. The largest absolute Gasteiger partial charge is 0.573 e. The molecule has 1 heterocycles. The number of alkyl halides is 3. The average molecular weight is 481 g/mol. The fourth-order valence-corrected chi connectivity index (χ4v) is 3.46. The zero-order valence-electron chi connectivity index (χ0n) is 16.6. The fourth-order valence-electron chi connectivity index (χ4n) is 3.25. The molecule has 174 valence electrons. The number of halogens is 6. The number of piperidine rings is 1. The maximum atomic E-state index is 14.3. The third-order valence-corrected chi connectivity index (χ3v) is 5.00. The van der Waals surface area contributed by atoms with Gasteiger partial charge in [0.1, 0.15) is 17.7 Å². The Morgan fingerprint density at radius 1 is 1.09 bits per heavy atom. The van der Waals surface area contributed by atoms with Gasteiger partial charge in [-0.15, -0.1) is 13.2 Å². The second-order valence-electron chi connectivity index (χ2n) is 6.86. The van der Waals surface area contributed by atoms with E-state index in [2.05, 4.69) is 9.57 Å². The SMILES string of the molecule is CONC(=O)c1cc(F)c(OC2CCN(c3ccc(OC(F)(F)F)c(Cl)c3)CC2)cc1F. The van der Waals surface area contributed by atoms with Crippen molar-refractivity contribution in [2.45, 2.75) is 25.3 Å². The zero-order chi connectivity index (χ0) is 23.5. The van der Waals surface area contributed by atoms with E-state index in [0.717, 1.165) is 25.3 Å². The van der Waals surface area contributed by atoms with Crippen molar-refractivity contribution in [2.75, 3.05) is 25.1 Å². The summed E-state index contributed by atoms with van der Waals surface area (Å²) in [5, 5.41) is -0.187. The normalized spacial score (nSPS) is 14.9. The minimum absolute atomic E-state index is 0.187. The molecule has 1 amide bonds. The van der Waals surface area contributed by atoms with Crippen LogP contribution in [0.5, 0.6) is 11.5 Å². The summed E-state index contributed by atoms with van der Waals surface area (Å²) in [6.45, 7) is 0.887. The van der Waals surface area contributed by atoms with Crippen LogP contribution in [-0.4, -0.2) is 38.6 Å². The zero-order valence-corrected chi connectivity index (χ0v) is 17.4. The highest BCUT2D eigenvalue weighted by Gasteiger charge is 2.32. The van der Waals surface area contributed by atoms with Crippen LogP contribution < -0.4 is 19.9 Å². The molecule has 2 aromatic rings. The molecule has 0 aliphatic carbocycles. The first-order valence-corrected chi connectivity index (χ1v) is 9.74. The highest BCUT2D eigenvalue weighted by molar-refractivity contribution is 6.32. The van der Waals surface area contributed by atoms with Crippen LogP contribution in [0.4, 0.5) is 27.6 Å². The van der Waals surface area contributed by atoms with E-state index in [1.54, 1.807) is 0 Å². The van der Waals surface area contributed by atoms with Crippen LogP contribution in [0.25, 0.3) is 0 Å². The van der Waals surface area contributed by atoms with Crippen LogP contribution in [-0.2, 0) is 4.84 Å². The van der Waals surface area contributed by atoms with E-state index in [1.165, 1.54) is 12.1 Å².